The second kappa shape index (κ2) is 16.9. The molecule has 12 nitrogen and oxygen atoms in total. The van der Waals surface area contributed by atoms with E-state index in [1.54, 1.807) is 26.8 Å². The van der Waals surface area contributed by atoms with Gasteiger partial charge in [-0.25, -0.2) is 23.5 Å². The molecule has 6 rings (SSSR count). The summed E-state index contributed by atoms with van der Waals surface area (Å²) in [6.45, 7) is 14.1. The van der Waals surface area contributed by atoms with Gasteiger partial charge < -0.3 is 20.3 Å². The minimum Gasteiger partial charge on any atom is -0.444 e. The van der Waals surface area contributed by atoms with E-state index in [0.717, 1.165) is 62.5 Å². The summed E-state index contributed by atoms with van der Waals surface area (Å²) >= 11 is 0. The number of carbonyl (C=O) groups excluding carboxylic acids is 2. The average molecular weight is 756 g/mol. The third-order valence-corrected chi connectivity index (χ3v) is 10.5. The van der Waals surface area contributed by atoms with Gasteiger partial charge in [-0.15, -0.1) is 0 Å². The summed E-state index contributed by atoms with van der Waals surface area (Å²) in [6, 6.07) is 15.6. The van der Waals surface area contributed by atoms with E-state index in [1.165, 1.54) is 14.7 Å². The van der Waals surface area contributed by atoms with Crippen LogP contribution in [0.25, 0.3) is 27.8 Å². The Morgan fingerprint density at radius 2 is 1.67 bits per heavy atom. The highest BCUT2D eigenvalue weighted by Crippen LogP contribution is 2.29. The van der Waals surface area contributed by atoms with Crippen LogP contribution in [0.15, 0.2) is 70.4 Å². The standard InChI is InChI=1S/C42H54FN7O5/c1-27(2)36(46-40(53)55-42(3,4)5)38(51)45-32-15-17-33(18-16-32)50-39(52)35-24-31(43)25-44-37(35)49(41(50)54)34-10-7-9-30(23-34)29-13-11-28(12-14-29)26-48-20-8-19-47(6)21-22-48/h7,9-14,23-25,27,32-33,36H,8,15-22,26H2,1-6H3,(H,45,51)(H,46,53)/t32-,33+,36-/m1/s1. The molecule has 1 aliphatic carbocycles. The van der Waals surface area contributed by atoms with Crippen molar-refractivity contribution in [3.63, 3.8) is 0 Å². The number of hydrogen-bond donors (Lipinski definition) is 2. The van der Waals surface area contributed by atoms with E-state index in [-0.39, 0.29) is 28.9 Å². The molecule has 1 aliphatic heterocycles. The van der Waals surface area contributed by atoms with Crippen molar-refractivity contribution >= 4 is 23.0 Å². The molecule has 55 heavy (non-hydrogen) atoms. The van der Waals surface area contributed by atoms with Gasteiger partial charge in [0.15, 0.2) is 5.65 Å². The number of pyridine rings is 1. The number of rotatable bonds is 9. The number of ether oxygens (including phenoxy) is 1. The summed E-state index contributed by atoms with van der Waals surface area (Å²) in [7, 11) is 2.17. The molecule has 2 N–H and O–H groups in total. The third-order valence-electron chi connectivity index (χ3n) is 10.5. The molecule has 1 saturated carbocycles. The van der Waals surface area contributed by atoms with E-state index < -0.39 is 40.8 Å². The molecule has 3 heterocycles. The van der Waals surface area contributed by atoms with Crippen LogP contribution in [0.1, 0.15) is 78.3 Å². The van der Waals surface area contributed by atoms with Crippen molar-refractivity contribution in [3.05, 3.63) is 93.0 Å². The molecule has 4 aromatic rings. The minimum atomic E-state index is -0.800. The second-order valence-electron chi connectivity index (χ2n) is 16.4. The molecule has 0 spiro atoms. The summed E-state index contributed by atoms with van der Waals surface area (Å²) in [5, 5.41) is 5.75. The van der Waals surface area contributed by atoms with Crippen LogP contribution in [-0.4, -0.2) is 86.8 Å². The lowest BCUT2D eigenvalue weighted by atomic mass is 9.90. The number of fused-ring (bicyclic) bond motifs is 1. The Morgan fingerprint density at radius 3 is 2.36 bits per heavy atom. The van der Waals surface area contributed by atoms with Crippen molar-refractivity contribution in [1.82, 2.24) is 34.6 Å². The lowest BCUT2D eigenvalue weighted by molar-refractivity contribution is -0.125. The quantitative estimate of drug-likeness (QED) is 0.225. The van der Waals surface area contributed by atoms with Gasteiger partial charge in [0, 0.05) is 31.7 Å². The van der Waals surface area contributed by atoms with Crippen molar-refractivity contribution < 1.29 is 18.7 Å². The lowest BCUT2D eigenvalue weighted by Gasteiger charge is -2.32. The number of likely N-dealkylation sites (N-methyl/N-ethyl adjacent to an activating group) is 1. The molecule has 2 aromatic carbocycles. The van der Waals surface area contributed by atoms with Crippen molar-refractivity contribution in [2.24, 2.45) is 5.92 Å². The largest absolute Gasteiger partial charge is 0.444 e. The number of amides is 2. The SMILES string of the molecule is CC(C)[C@@H](NC(=O)OC(C)(C)C)C(=O)N[C@H]1CC[C@@H](n2c(=O)c3cc(F)cnc3n(-c3cccc(-c4ccc(CN5CCCN(C)CC5)cc4)c3)c2=O)CC1. The molecule has 1 atom stereocenters. The van der Waals surface area contributed by atoms with Gasteiger partial charge in [-0.2, -0.15) is 0 Å². The summed E-state index contributed by atoms with van der Waals surface area (Å²) in [5.41, 5.74) is 1.83. The summed E-state index contributed by atoms with van der Waals surface area (Å²) < 4.78 is 22.6. The topological polar surface area (TPSA) is 131 Å². The van der Waals surface area contributed by atoms with Gasteiger partial charge in [0.1, 0.15) is 17.5 Å². The lowest BCUT2D eigenvalue weighted by Crippen LogP contribution is -2.53. The van der Waals surface area contributed by atoms with Gasteiger partial charge in [-0.05, 0) is 114 Å². The second-order valence-corrected chi connectivity index (χ2v) is 16.4. The Balaban J connectivity index is 1.22. The van der Waals surface area contributed by atoms with E-state index in [9.17, 15) is 23.6 Å². The minimum absolute atomic E-state index is 0.0116. The molecule has 1 saturated heterocycles. The van der Waals surface area contributed by atoms with E-state index in [2.05, 4.69) is 56.7 Å². The summed E-state index contributed by atoms with van der Waals surface area (Å²) in [5.74, 6) is -1.19. The van der Waals surface area contributed by atoms with Crippen LogP contribution in [0.4, 0.5) is 9.18 Å². The van der Waals surface area contributed by atoms with Crippen LogP contribution in [0, 0.1) is 11.7 Å². The van der Waals surface area contributed by atoms with Gasteiger partial charge in [0.25, 0.3) is 5.56 Å². The van der Waals surface area contributed by atoms with Gasteiger partial charge >= 0.3 is 11.8 Å². The highest BCUT2D eigenvalue weighted by atomic mass is 19.1. The number of carbonyl (C=O) groups is 2. The zero-order valence-corrected chi connectivity index (χ0v) is 32.8. The first-order valence-electron chi connectivity index (χ1n) is 19.4. The molecule has 294 valence electrons. The van der Waals surface area contributed by atoms with E-state index >= 15 is 0 Å². The summed E-state index contributed by atoms with van der Waals surface area (Å²) in [4.78, 5) is 63.2. The number of alkyl carbamates (subject to hydrolysis) is 1. The number of hydrogen-bond acceptors (Lipinski definition) is 8. The fourth-order valence-corrected chi connectivity index (χ4v) is 7.62. The predicted molar refractivity (Wildman–Crippen MR) is 212 cm³/mol. The molecule has 0 radical (unpaired) electrons. The third kappa shape index (κ3) is 9.68. The molecular weight excluding hydrogens is 702 g/mol. The van der Waals surface area contributed by atoms with E-state index in [4.69, 9.17) is 4.74 Å². The Hall–Kier alpha value is -4.88. The van der Waals surface area contributed by atoms with Gasteiger partial charge in [-0.1, -0.05) is 50.2 Å². The summed E-state index contributed by atoms with van der Waals surface area (Å²) in [6.07, 6.45) is 3.36. The number of nitrogens with one attached hydrogen (secondary N) is 2. The molecule has 2 fully saturated rings. The Labute approximate surface area is 321 Å². The molecule has 0 unspecified atom stereocenters. The van der Waals surface area contributed by atoms with Crippen molar-refractivity contribution in [2.45, 2.75) is 97.0 Å². The predicted octanol–water partition coefficient (Wildman–Crippen LogP) is 5.64. The van der Waals surface area contributed by atoms with Crippen LogP contribution >= 0.6 is 0 Å². The maximum absolute atomic E-state index is 14.6. The molecule has 2 aromatic heterocycles. The molecular formula is C42H54FN7O5. The first-order chi connectivity index (χ1) is 26.2. The Kier molecular flexibility index (Phi) is 12.2. The monoisotopic (exact) mass is 755 g/mol. The fraction of sp³-hybridized carbons (Fsp3) is 0.500. The van der Waals surface area contributed by atoms with Gasteiger partial charge in [0.2, 0.25) is 5.91 Å². The first kappa shape index (κ1) is 39.8. The van der Waals surface area contributed by atoms with Crippen molar-refractivity contribution in [1.29, 1.82) is 0 Å². The van der Waals surface area contributed by atoms with Crippen LogP contribution in [0.5, 0.6) is 0 Å². The number of halogens is 1. The normalized spacial score (nSPS) is 19.2. The maximum Gasteiger partial charge on any atom is 0.408 e. The molecule has 2 amide bonds. The van der Waals surface area contributed by atoms with Crippen LogP contribution in [0.3, 0.4) is 0 Å². The highest BCUT2D eigenvalue weighted by Gasteiger charge is 2.32. The number of nitrogens with zero attached hydrogens (tertiary/aromatic N) is 5. The number of aromatic nitrogens is 3. The Morgan fingerprint density at radius 1 is 0.945 bits per heavy atom. The molecule has 13 heteroatoms. The fourth-order valence-electron chi connectivity index (χ4n) is 7.62. The average Bonchev–Trinajstić information content (AvgIpc) is 3.34. The Bertz CT molecular complexity index is 2120. The van der Waals surface area contributed by atoms with E-state index in [1.807, 2.05) is 32.0 Å². The smallest absolute Gasteiger partial charge is 0.408 e. The van der Waals surface area contributed by atoms with Crippen LogP contribution < -0.4 is 21.9 Å². The van der Waals surface area contributed by atoms with E-state index in [0.29, 0.717) is 31.4 Å². The maximum atomic E-state index is 14.6. The molecule has 0 bridgehead atoms. The zero-order valence-electron chi connectivity index (χ0n) is 32.8. The highest BCUT2D eigenvalue weighted by molar-refractivity contribution is 5.86. The van der Waals surface area contributed by atoms with Gasteiger partial charge in [0.05, 0.1) is 17.3 Å². The van der Waals surface area contributed by atoms with Crippen molar-refractivity contribution in [3.8, 4) is 16.8 Å². The van der Waals surface area contributed by atoms with Crippen molar-refractivity contribution in [2.75, 3.05) is 33.2 Å². The zero-order chi connectivity index (χ0) is 39.4. The van der Waals surface area contributed by atoms with Crippen LogP contribution in [-0.2, 0) is 16.1 Å². The molecule has 2 aliphatic rings. The van der Waals surface area contributed by atoms with Gasteiger partial charge in [-0.3, -0.25) is 19.1 Å². The first-order valence-corrected chi connectivity index (χ1v) is 19.4. The number of benzene rings is 2. The van der Waals surface area contributed by atoms with Crippen LogP contribution in [0.2, 0.25) is 0 Å².